The van der Waals surface area contributed by atoms with Crippen LogP contribution in [-0.4, -0.2) is 35.5 Å². The van der Waals surface area contributed by atoms with E-state index in [4.69, 9.17) is 9.47 Å². The van der Waals surface area contributed by atoms with Gasteiger partial charge in [0.2, 0.25) is 0 Å². The number of hydrogen-bond donors (Lipinski definition) is 2. The summed E-state index contributed by atoms with van der Waals surface area (Å²) < 4.78 is 11.2. The Morgan fingerprint density at radius 1 is 0.778 bits per heavy atom. The molecule has 2 aromatic heterocycles. The number of pyridine rings is 2. The number of anilines is 2. The topological polar surface area (TPSA) is 102 Å². The monoisotopic (exact) mass is 600 g/mol. The molecule has 45 heavy (non-hydrogen) atoms. The van der Waals surface area contributed by atoms with Gasteiger partial charge in [0.15, 0.2) is 0 Å². The third-order valence-corrected chi connectivity index (χ3v) is 8.10. The van der Waals surface area contributed by atoms with Crippen LogP contribution in [0.1, 0.15) is 78.5 Å². The van der Waals surface area contributed by atoms with Crippen molar-refractivity contribution < 1.29 is 19.1 Å². The van der Waals surface area contributed by atoms with E-state index in [0.717, 1.165) is 57.9 Å². The van der Waals surface area contributed by atoms with Gasteiger partial charge in [-0.25, -0.2) is 9.97 Å². The molecule has 3 aliphatic heterocycles. The molecule has 228 valence electrons. The molecule has 0 atom stereocenters. The summed E-state index contributed by atoms with van der Waals surface area (Å²) in [6.07, 6.45) is 8.14. The Morgan fingerprint density at radius 2 is 1.33 bits per heavy atom. The molecule has 8 nitrogen and oxygen atoms in total. The molecule has 0 spiro atoms. The number of nitrogens with zero attached hydrogens (tertiary/aromatic N) is 2. The van der Waals surface area contributed by atoms with E-state index in [1.54, 1.807) is 19.5 Å². The molecule has 2 aromatic carbocycles. The maximum atomic E-state index is 12.4. The van der Waals surface area contributed by atoms with E-state index in [1.807, 2.05) is 48.6 Å². The highest BCUT2D eigenvalue weighted by atomic mass is 16.5. The van der Waals surface area contributed by atoms with Crippen LogP contribution in [0.5, 0.6) is 11.5 Å². The fourth-order valence-corrected chi connectivity index (χ4v) is 5.83. The van der Waals surface area contributed by atoms with Crippen molar-refractivity contribution in [3.05, 3.63) is 106 Å². The lowest BCUT2D eigenvalue weighted by atomic mass is 9.90. The Kier molecular flexibility index (Phi) is 8.22. The Bertz CT molecular complexity index is 1840. The van der Waals surface area contributed by atoms with Gasteiger partial charge in [0.1, 0.15) is 23.1 Å². The first-order valence-electron chi connectivity index (χ1n) is 15.2. The SMILES string of the molecule is COc1c(C(C)C)cc(C=C2C(=O)Nc3ncccc32)cc1C(C)C.O=C1Nc2ncccc2C1=Cc1ccc2c(c1)CCO2. The number of nitrogens with one attached hydrogen (secondary N) is 2. The number of benzene rings is 2. The van der Waals surface area contributed by atoms with Crippen LogP contribution in [0.2, 0.25) is 0 Å². The van der Waals surface area contributed by atoms with Gasteiger partial charge >= 0.3 is 0 Å². The van der Waals surface area contributed by atoms with Gasteiger partial charge in [0.25, 0.3) is 11.8 Å². The second-order valence-corrected chi connectivity index (χ2v) is 11.8. The summed E-state index contributed by atoms with van der Waals surface area (Å²) in [5, 5.41) is 5.60. The van der Waals surface area contributed by atoms with Crippen LogP contribution in [0.3, 0.4) is 0 Å². The molecular weight excluding hydrogens is 564 g/mol. The molecule has 2 N–H and O–H groups in total. The van der Waals surface area contributed by atoms with Crippen molar-refractivity contribution in [1.82, 2.24) is 9.97 Å². The Hall–Kier alpha value is -5.24. The number of aromatic nitrogens is 2. The maximum Gasteiger partial charge on any atom is 0.257 e. The fourth-order valence-electron chi connectivity index (χ4n) is 5.83. The Balaban J connectivity index is 0.000000162. The second-order valence-electron chi connectivity index (χ2n) is 11.8. The first-order chi connectivity index (χ1) is 21.7. The first-order valence-corrected chi connectivity index (χ1v) is 15.2. The largest absolute Gasteiger partial charge is 0.496 e. The fraction of sp³-hybridized carbons (Fsp3) is 0.243. The molecule has 8 heteroatoms. The number of rotatable bonds is 5. The number of carbonyl (C=O) groups is 2. The number of ether oxygens (including phenoxy) is 2. The van der Waals surface area contributed by atoms with Crippen LogP contribution in [-0.2, 0) is 16.0 Å². The molecule has 0 aliphatic carbocycles. The normalized spacial score (nSPS) is 16.2. The molecule has 0 radical (unpaired) electrons. The summed E-state index contributed by atoms with van der Waals surface area (Å²) in [5.74, 6) is 3.61. The average Bonchev–Trinajstić information content (AvgIpc) is 3.72. The van der Waals surface area contributed by atoms with Crippen molar-refractivity contribution in [3.8, 4) is 11.5 Å². The zero-order valence-corrected chi connectivity index (χ0v) is 26.1. The van der Waals surface area contributed by atoms with Crippen molar-refractivity contribution in [3.63, 3.8) is 0 Å². The molecule has 4 aromatic rings. The highest BCUT2D eigenvalue weighted by molar-refractivity contribution is 6.35. The van der Waals surface area contributed by atoms with Crippen LogP contribution in [0.25, 0.3) is 23.3 Å². The smallest absolute Gasteiger partial charge is 0.257 e. The van der Waals surface area contributed by atoms with E-state index in [-0.39, 0.29) is 11.8 Å². The van der Waals surface area contributed by atoms with Gasteiger partial charge in [-0.1, -0.05) is 33.8 Å². The van der Waals surface area contributed by atoms with Crippen molar-refractivity contribution in [1.29, 1.82) is 0 Å². The highest BCUT2D eigenvalue weighted by Gasteiger charge is 2.26. The van der Waals surface area contributed by atoms with Crippen molar-refractivity contribution in [2.75, 3.05) is 24.4 Å². The van der Waals surface area contributed by atoms with E-state index in [2.05, 4.69) is 66.5 Å². The number of methoxy groups -OCH3 is 1. The summed E-state index contributed by atoms with van der Waals surface area (Å²) in [4.78, 5) is 32.8. The second kappa shape index (κ2) is 12.4. The molecular formula is C37H36N4O4. The van der Waals surface area contributed by atoms with E-state index in [1.165, 1.54) is 5.56 Å². The predicted molar refractivity (Wildman–Crippen MR) is 178 cm³/mol. The van der Waals surface area contributed by atoms with Crippen LogP contribution >= 0.6 is 0 Å². The lowest BCUT2D eigenvalue weighted by Gasteiger charge is -2.19. The number of hydrogen-bond acceptors (Lipinski definition) is 6. The first kappa shape index (κ1) is 29.8. The summed E-state index contributed by atoms with van der Waals surface area (Å²) in [7, 11) is 1.72. The van der Waals surface area contributed by atoms with Gasteiger partial charge in [-0.05, 0) is 100 Å². The van der Waals surface area contributed by atoms with Crippen LogP contribution in [0.15, 0.2) is 67.0 Å². The van der Waals surface area contributed by atoms with Crippen molar-refractivity contribution in [2.24, 2.45) is 0 Å². The molecule has 3 aliphatic rings. The number of fused-ring (bicyclic) bond motifs is 3. The van der Waals surface area contributed by atoms with Gasteiger partial charge in [-0.15, -0.1) is 0 Å². The van der Waals surface area contributed by atoms with Gasteiger partial charge in [0, 0.05) is 29.9 Å². The Morgan fingerprint density at radius 3 is 1.87 bits per heavy atom. The van der Waals surface area contributed by atoms with Crippen LogP contribution in [0, 0.1) is 0 Å². The van der Waals surface area contributed by atoms with E-state index in [9.17, 15) is 9.59 Å². The van der Waals surface area contributed by atoms with Gasteiger partial charge in [-0.3, -0.25) is 9.59 Å². The van der Waals surface area contributed by atoms with Crippen molar-refractivity contribution >= 4 is 46.7 Å². The standard InChI is InChI=1S/C21H24N2O2.C16H12N2O2/c1-12(2)16-9-14(10-17(13(3)4)19(16)25-5)11-18-15-7-6-8-22-20(15)23-21(18)24;19-16-13(12-2-1-6-17-15(12)18-16)9-10-3-4-14-11(8-10)5-7-20-14/h6-13H,1-5H3,(H,22,23,24);1-4,6,8-9H,5,7H2,(H,17,18,19). The Labute approximate surface area is 263 Å². The van der Waals surface area contributed by atoms with E-state index in [0.29, 0.717) is 34.6 Å². The molecule has 0 fully saturated rings. The molecule has 2 amide bonds. The molecule has 7 rings (SSSR count). The molecule has 5 heterocycles. The lowest BCUT2D eigenvalue weighted by Crippen LogP contribution is -2.05. The summed E-state index contributed by atoms with van der Waals surface area (Å²) in [5.41, 5.74) is 8.55. The molecule has 0 saturated carbocycles. The third kappa shape index (κ3) is 5.96. The summed E-state index contributed by atoms with van der Waals surface area (Å²) in [6, 6.07) is 17.8. The molecule has 0 unspecified atom stereocenters. The minimum Gasteiger partial charge on any atom is -0.496 e. The summed E-state index contributed by atoms with van der Waals surface area (Å²) >= 11 is 0. The van der Waals surface area contributed by atoms with Gasteiger partial charge < -0.3 is 20.1 Å². The van der Waals surface area contributed by atoms with Crippen LogP contribution < -0.4 is 20.1 Å². The van der Waals surface area contributed by atoms with E-state index < -0.39 is 0 Å². The molecule has 0 bridgehead atoms. The lowest BCUT2D eigenvalue weighted by molar-refractivity contribution is -0.111. The quantitative estimate of drug-likeness (QED) is 0.233. The maximum absolute atomic E-state index is 12.4. The van der Waals surface area contributed by atoms with E-state index >= 15 is 0 Å². The molecule has 0 saturated heterocycles. The zero-order valence-electron chi connectivity index (χ0n) is 26.1. The minimum atomic E-state index is -0.110. The minimum absolute atomic E-state index is 0.101. The number of carbonyl (C=O) groups excluding carboxylic acids is 2. The van der Waals surface area contributed by atoms with Gasteiger partial charge in [-0.2, -0.15) is 0 Å². The average molecular weight is 601 g/mol. The van der Waals surface area contributed by atoms with Gasteiger partial charge in [0.05, 0.1) is 24.9 Å². The predicted octanol–water partition coefficient (Wildman–Crippen LogP) is 7.34. The number of amides is 2. The highest BCUT2D eigenvalue weighted by Crippen LogP contribution is 2.38. The third-order valence-electron chi connectivity index (χ3n) is 8.10. The van der Waals surface area contributed by atoms with Crippen LogP contribution in [0.4, 0.5) is 11.6 Å². The summed E-state index contributed by atoms with van der Waals surface area (Å²) in [6.45, 7) is 9.35. The zero-order chi connectivity index (χ0) is 31.7. The van der Waals surface area contributed by atoms with Crippen molar-refractivity contribution in [2.45, 2.75) is 46.0 Å².